The molecule has 0 radical (unpaired) electrons. The fraction of sp³-hybridized carbons (Fsp3) is 0.0769. The van der Waals surface area contributed by atoms with E-state index < -0.39 is 15.9 Å². The van der Waals surface area contributed by atoms with E-state index in [-0.39, 0.29) is 22.3 Å². The Bertz CT molecular complexity index is 781. The summed E-state index contributed by atoms with van der Waals surface area (Å²) < 4.78 is 31.9. The van der Waals surface area contributed by atoms with Gasteiger partial charge in [-0.3, -0.25) is 14.5 Å². The molecule has 0 fully saturated rings. The van der Waals surface area contributed by atoms with Crippen LogP contribution in [0.3, 0.4) is 0 Å². The zero-order chi connectivity index (χ0) is 16.2. The zero-order valence-corrected chi connectivity index (χ0v) is 12.8. The smallest absolute Gasteiger partial charge is 0.261 e. The Kier molecular flexibility index (Phi) is 4.84. The molecular formula is C13H12ClN3O4S. The van der Waals surface area contributed by atoms with Gasteiger partial charge in [0, 0.05) is 6.20 Å². The maximum absolute atomic E-state index is 12.2. The third-order valence-electron chi connectivity index (χ3n) is 2.50. The van der Waals surface area contributed by atoms with Gasteiger partial charge in [0.2, 0.25) is 0 Å². The molecule has 0 saturated heterocycles. The van der Waals surface area contributed by atoms with Gasteiger partial charge in [0.1, 0.15) is 5.75 Å². The molecule has 0 aliphatic heterocycles. The molecule has 2 rings (SSSR count). The Labute approximate surface area is 132 Å². The number of nitrogens with one attached hydrogen (secondary N) is 1. The number of sulfonamides is 1. The summed E-state index contributed by atoms with van der Waals surface area (Å²) in [6, 6.07) is 7.04. The molecular weight excluding hydrogens is 330 g/mol. The number of nitrogens with zero attached hydrogens (tertiary/aromatic N) is 1. The Hall–Kier alpha value is -2.32. The molecule has 2 aromatic rings. The van der Waals surface area contributed by atoms with E-state index in [2.05, 4.69) is 9.71 Å². The van der Waals surface area contributed by atoms with Gasteiger partial charge in [0.25, 0.3) is 15.9 Å². The number of ether oxygens (including phenoxy) is 1. The third-order valence-corrected chi connectivity index (χ3v) is 4.17. The minimum atomic E-state index is -3.81. The number of anilines is 1. The number of rotatable bonds is 6. The van der Waals surface area contributed by atoms with E-state index in [0.717, 1.165) is 0 Å². The molecule has 22 heavy (non-hydrogen) atoms. The summed E-state index contributed by atoms with van der Waals surface area (Å²) in [5, 5.41) is 0.0512. The van der Waals surface area contributed by atoms with Crippen LogP contribution in [-0.2, 0) is 14.8 Å². The van der Waals surface area contributed by atoms with Crippen LogP contribution in [0, 0.1) is 0 Å². The lowest BCUT2D eigenvalue weighted by Crippen LogP contribution is -2.20. The molecule has 7 nitrogen and oxygen atoms in total. The van der Waals surface area contributed by atoms with E-state index in [1.54, 1.807) is 12.1 Å². The lowest BCUT2D eigenvalue weighted by molar-refractivity contribution is -0.119. The van der Waals surface area contributed by atoms with Crippen LogP contribution in [0.5, 0.6) is 5.75 Å². The van der Waals surface area contributed by atoms with Crippen LogP contribution in [0.1, 0.15) is 0 Å². The summed E-state index contributed by atoms with van der Waals surface area (Å²) in [7, 11) is -3.81. The summed E-state index contributed by atoms with van der Waals surface area (Å²) in [6.45, 7) is -0.347. The number of amides is 1. The highest BCUT2D eigenvalue weighted by atomic mass is 35.5. The fourth-order valence-corrected chi connectivity index (χ4v) is 2.92. The van der Waals surface area contributed by atoms with Crippen LogP contribution in [0.15, 0.2) is 47.6 Å². The second-order valence-electron chi connectivity index (χ2n) is 4.19. The number of carbonyl (C=O) groups is 1. The fourth-order valence-electron chi connectivity index (χ4n) is 1.55. The van der Waals surface area contributed by atoms with Crippen molar-refractivity contribution in [3.63, 3.8) is 0 Å². The van der Waals surface area contributed by atoms with Crippen LogP contribution in [0.4, 0.5) is 5.69 Å². The topological polar surface area (TPSA) is 111 Å². The van der Waals surface area contributed by atoms with E-state index in [4.69, 9.17) is 22.1 Å². The Balaban J connectivity index is 2.21. The highest BCUT2D eigenvalue weighted by Crippen LogP contribution is 2.28. The van der Waals surface area contributed by atoms with Crippen molar-refractivity contribution < 1.29 is 17.9 Å². The predicted octanol–water partition coefficient (Wildman–Crippen LogP) is 1.40. The number of halogens is 1. The first kappa shape index (κ1) is 16.1. The largest absolute Gasteiger partial charge is 0.482 e. The predicted molar refractivity (Wildman–Crippen MR) is 81.2 cm³/mol. The van der Waals surface area contributed by atoms with Gasteiger partial charge in [-0.15, -0.1) is 0 Å². The van der Waals surface area contributed by atoms with Gasteiger partial charge in [-0.25, -0.2) is 8.42 Å². The van der Waals surface area contributed by atoms with Crippen LogP contribution in [0.25, 0.3) is 0 Å². The van der Waals surface area contributed by atoms with Gasteiger partial charge in [-0.1, -0.05) is 11.6 Å². The number of carbonyl (C=O) groups excluding carboxylic acids is 1. The van der Waals surface area contributed by atoms with Crippen molar-refractivity contribution in [2.24, 2.45) is 5.73 Å². The molecule has 1 aromatic carbocycles. The van der Waals surface area contributed by atoms with Crippen molar-refractivity contribution in [2.45, 2.75) is 4.90 Å². The molecule has 0 saturated carbocycles. The maximum atomic E-state index is 12.2. The van der Waals surface area contributed by atoms with E-state index >= 15 is 0 Å². The summed E-state index contributed by atoms with van der Waals surface area (Å²) in [4.78, 5) is 14.4. The molecule has 0 bridgehead atoms. The third kappa shape index (κ3) is 4.09. The minimum absolute atomic E-state index is 0.0484. The minimum Gasteiger partial charge on any atom is -0.482 e. The monoisotopic (exact) mass is 341 g/mol. The highest BCUT2D eigenvalue weighted by molar-refractivity contribution is 7.92. The number of primary amides is 1. The van der Waals surface area contributed by atoms with Gasteiger partial charge in [0.15, 0.2) is 6.61 Å². The first-order valence-corrected chi connectivity index (χ1v) is 7.88. The molecule has 0 unspecified atom stereocenters. The highest BCUT2D eigenvalue weighted by Gasteiger charge is 2.16. The number of aromatic nitrogens is 1. The molecule has 3 N–H and O–H groups in total. The Morgan fingerprint density at radius 3 is 2.73 bits per heavy atom. The van der Waals surface area contributed by atoms with Gasteiger partial charge >= 0.3 is 0 Å². The molecule has 0 aliphatic rings. The Morgan fingerprint density at radius 2 is 2.14 bits per heavy atom. The van der Waals surface area contributed by atoms with E-state index in [1.807, 2.05) is 0 Å². The molecule has 9 heteroatoms. The molecule has 1 aromatic heterocycles. The summed E-state index contributed by atoms with van der Waals surface area (Å²) in [6.07, 6.45) is 2.91. The van der Waals surface area contributed by atoms with E-state index in [1.165, 1.54) is 30.6 Å². The second kappa shape index (κ2) is 6.63. The average molecular weight is 342 g/mol. The molecule has 116 valence electrons. The quantitative estimate of drug-likeness (QED) is 0.824. The molecule has 0 spiro atoms. The SMILES string of the molecule is NC(=O)COc1ccc(S(=O)(=O)Nc2cccnc2)cc1Cl. The number of nitrogens with two attached hydrogens (primary N) is 1. The number of benzene rings is 1. The van der Waals surface area contributed by atoms with Crippen LogP contribution in [-0.4, -0.2) is 25.9 Å². The van der Waals surface area contributed by atoms with Gasteiger partial charge < -0.3 is 10.5 Å². The first-order valence-electron chi connectivity index (χ1n) is 6.02. The zero-order valence-electron chi connectivity index (χ0n) is 11.2. The molecule has 1 heterocycles. The van der Waals surface area contributed by atoms with Crippen molar-refractivity contribution in [3.8, 4) is 5.75 Å². The average Bonchev–Trinajstić information content (AvgIpc) is 2.46. The number of pyridine rings is 1. The van der Waals surface area contributed by atoms with E-state index in [9.17, 15) is 13.2 Å². The van der Waals surface area contributed by atoms with Crippen molar-refractivity contribution in [3.05, 3.63) is 47.7 Å². The molecule has 0 atom stereocenters. The standard InChI is InChI=1S/C13H12ClN3O4S/c14-11-6-10(3-4-12(11)21-8-13(15)18)22(19,20)17-9-2-1-5-16-7-9/h1-7,17H,8H2,(H2,15,18). The van der Waals surface area contributed by atoms with Crippen molar-refractivity contribution in [1.82, 2.24) is 4.98 Å². The van der Waals surface area contributed by atoms with Crippen molar-refractivity contribution in [2.75, 3.05) is 11.3 Å². The maximum Gasteiger partial charge on any atom is 0.261 e. The number of hydrogen-bond acceptors (Lipinski definition) is 5. The lowest BCUT2D eigenvalue weighted by Gasteiger charge is -2.10. The van der Waals surface area contributed by atoms with Crippen LogP contribution < -0.4 is 15.2 Å². The molecule has 1 amide bonds. The normalized spacial score (nSPS) is 11.0. The van der Waals surface area contributed by atoms with Gasteiger partial charge in [-0.05, 0) is 30.3 Å². The van der Waals surface area contributed by atoms with Gasteiger partial charge in [-0.2, -0.15) is 0 Å². The Morgan fingerprint density at radius 1 is 1.36 bits per heavy atom. The van der Waals surface area contributed by atoms with Gasteiger partial charge in [0.05, 0.1) is 21.8 Å². The first-order chi connectivity index (χ1) is 10.4. The number of hydrogen-bond donors (Lipinski definition) is 2. The summed E-state index contributed by atoms with van der Waals surface area (Å²) in [5.74, 6) is -0.494. The second-order valence-corrected chi connectivity index (χ2v) is 6.28. The van der Waals surface area contributed by atoms with Crippen LogP contribution in [0.2, 0.25) is 5.02 Å². The summed E-state index contributed by atoms with van der Waals surface area (Å²) >= 11 is 5.94. The molecule has 0 aliphatic carbocycles. The van der Waals surface area contributed by atoms with Crippen LogP contribution >= 0.6 is 11.6 Å². The lowest BCUT2D eigenvalue weighted by atomic mass is 10.3. The van der Waals surface area contributed by atoms with Crippen molar-refractivity contribution >= 4 is 33.2 Å². The summed E-state index contributed by atoms with van der Waals surface area (Å²) in [5.41, 5.74) is 5.28. The van der Waals surface area contributed by atoms with E-state index in [0.29, 0.717) is 5.69 Å². The van der Waals surface area contributed by atoms with Crippen molar-refractivity contribution in [1.29, 1.82) is 0 Å².